The van der Waals surface area contributed by atoms with Crippen molar-refractivity contribution in [2.24, 2.45) is 5.92 Å². The summed E-state index contributed by atoms with van der Waals surface area (Å²) in [6, 6.07) is 3.50. The van der Waals surface area contributed by atoms with Crippen molar-refractivity contribution >= 4 is 5.91 Å². The summed E-state index contributed by atoms with van der Waals surface area (Å²) in [5.41, 5.74) is 0. The van der Waals surface area contributed by atoms with Gasteiger partial charge in [0.1, 0.15) is 5.76 Å². The van der Waals surface area contributed by atoms with E-state index in [1.54, 1.807) is 6.26 Å². The van der Waals surface area contributed by atoms with Crippen LogP contribution in [0.4, 0.5) is 0 Å². The lowest BCUT2D eigenvalue weighted by Gasteiger charge is -2.18. The standard InChI is InChI=1S/C14H24N2O2/c1-4-12(5-2)9-15-11(3)14(17)16-10-13-7-6-8-18-13/h6-8,11-12,15H,4-5,9-10H2,1-3H3,(H,16,17). The fourth-order valence-corrected chi connectivity index (χ4v) is 1.75. The molecule has 4 heteroatoms. The van der Waals surface area contributed by atoms with Crippen LogP contribution < -0.4 is 10.6 Å². The third-order valence-corrected chi connectivity index (χ3v) is 3.28. The smallest absolute Gasteiger partial charge is 0.237 e. The first-order chi connectivity index (χ1) is 8.67. The van der Waals surface area contributed by atoms with E-state index in [1.807, 2.05) is 19.1 Å². The number of amides is 1. The Morgan fingerprint density at radius 2 is 2.11 bits per heavy atom. The molecule has 1 aromatic heterocycles. The molecule has 0 aliphatic carbocycles. The predicted molar refractivity (Wildman–Crippen MR) is 72.1 cm³/mol. The Bertz CT molecular complexity index is 332. The predicted octanol–water partition coefficient (Wildman–Crippen LogP) is 2.31. The van der Waals surface area contributed by atoms with Crippen molar-refractivity contribution in [3.8, 4) is 0 Å². The van der Waals surface area contributed by atoms with Crippen molar-refractivity contribution in [1.82, 2.24) is 10.6 Å². The molecule has 0 aliphatic heterocycles. The van der Waals surface area contributed by atoms with Gasteiger partial charge in [-0.05, 0) is 31.5 Å². The minimum absolute atomic E-state index is 0.0114. The zero-order chi connectivity index (χ0) is 13.4. The van der Waals surface area contributed by atoms with Gasteiger partial charge in [0.25, 0.3) is 0 Å². The molecule has 102 valence electrons. The maximum atomic E-state index is 11.8. The molecule has 1 heterocycles. The highest BCUT2D eigenvalue weighted by Crippen LogP contribution is 2.05. The molecule has 0 saturated heterocycles. The van der Waals surface area contributed by atoms with Gasteiger partial charge in [0.05, 0.1) is 18.8 Å². The summed E-state index contributed by atoms with van der Waals surface area (Å²) in [6.07, 6.45) is 3.89. The Hall–Kier alpha value is -1.29. The highest BCUT2D eigenvalue weighted by atomic mass is 16.3. The maximum Gasteiger partial charge on any atom is 0.237 e. The summed E-state index contributed by atoms with van der Waals surface area (Å²) in [7, 11) is 0. The van der Waals surface area contributed by atoms with Crippen LogP contribution in [0.3, 0.4) is 0 Å². The minimum atomic E-state index is -0.166. The first-order valence-electron chi connectivity index (χ1n) is 6.70. The van der Waals surface area contributed by atoms with E-state index >= 15 is 0 Å². The zero-order valence-corrected chi connectivity index (χ0v) is 11.5. The average molecular weight is 252 g/mol. The molecule has 0 spiro atoms. The Morgan fingerprint density at radius 1 is 1.39 bits per heavy atom. The van der Waals surface area contributed by atoms with Crippen LogP contribution >= 0.6 is 0 Å². The summed E-state index contributed by atoms with van der Waals surface area (Å²) in [4.78, 5) is 11.8. The molecule has 1 unspecified atom stereocenters. The molecule has 0 saturated carbocycles. The number of rotatable bonds is 8. The molecule has 2 N–H and O–H groups in total. The second-order valence-corrected chi connectivity index (χ2v) is 4.61. The molecule has 1 rings (SSSR count). The van der Waals surface area contributed by atoms with Gasteiger partial charge in [0.2, 0.25) is 5.91 Å². The zero-order valence-electron chi connectivity index (χ0n) is 11.5. The molecular weight excluding hydrogens is 228 g/mol. The number of hydrogen-bond donors (Lipinski definition) is 2. The van der Waals surface area contributed by atoms with Crippen LogP contribution in [0.5, 0.6) is 0 Å². The fourth-order valence-electron chi connectivity index (χ4n) is 1.75. The van der Waals surface area contributed by atoms with Gasteiger partial charge in [-0.25, -0.2) is 0 Å². The number of furan rings is 1. The summed E-state index contributed by atoms with van der Waals surface area (Å²) >= 11 is 0. The molecule has 0 fully saturated rings. The fraction of sp³-hybridized carbons (Fsp3) is 0.643. The Morgan fingerprint density at radius 3 is 2.67 bits per heavy atom. The van der Waals surface area contributed by atoms with Crippen LogP contribution in [-0.2, 0) is 11.3 Å². The summed E-state index contributed by atoms with van der Waals surface area (Å²) in [6.45, 7) is 7.58. The second kappa shape index (κ2) is 7.93. The van der Waals surface area contributed by atoms with Crippen molar-refractivity contribution in [2.75, 3.05) is 6.54 Å². The van der Waals surface area contributed by atoms with Gasteiger partial charge in [-0.1, -0.05) is 26.7 Å². The van der Waals surface area contributed by atoms with Crippen LogP contribution in [0.2, 0.25) is 0 Å². The van der Waals surface area contributed by atoms with Gasteiger partial charge < -0.3 is 15.1 Å². The molecule has 0 aromatic carbocycles. The van der Waals surface area contributed by atoms with Crippen molar-refractivity contribution in [1.29, 1.82) is 0 Å². The van der Waals surface area contributed by atoms with Gasteiger partial charge in [-0.3, -0.25) is 4.79 Å². The third kappa shape index (κ3) is 4.92. The summed E-state index contributed by atoms with van der Waals surface area (Å²) < 4.78 is 5.16. The topological polar surface area (TPSA) is 54.3 Å². The van der Waals surface area contributed by atoms with Crippen LogP contribution in [0.25, 0.3) is 0 Å². The van der Waals surface area contributed by atoms with E-state index in [-0.39, 0.29) is 11.9 Å². The monoisotopic (exact) mass is 252 g/mol. The van der Waals surface area contributed by atoms with Crippen molar-refractivity contribution in [3.05, 3.63) is 24.2 Å². The normalized spacial score (nSPS) is 12.7. The van der Waals surface area contributed by atoms with Gasteiger partial charge in [0, 0.05) is 0 Å². The molecule has 0 aliphatic rings. The number of carbonyl (C=O) groups excluding carboxylic acids is 1. The van der Waals surface area contributed by atoms with Gasteiger partial charge in [-0.15, -0.1) is 0 Å². The Kier molecular flexibility index (Phi) is 6.50. The van der Waals surface area contributed by atoms with Gasteiger partial charge >= 0.3 is 0 Å². The molecule has 4 nitrogen and oxygen atoms in total. The highest BCUT2D eigenvalue weighted by molar-refractivity contribution is 5.81. The van der Waals surface area contributed by atoms with E-state index in [9.17, 15) is 4.79 Å². The van der Waals surface area contributed by atoms with E-state index in [4.69, 9.17) is 4.42 Å². The maximum absolute atomic E-state index is 11.8. The quantitative estimate of drug-likeness (QED) is 0.746. The van der Waals surface area contributed by atoms with Crippen molar-refractivity contribution in [3.63, 3.8) is 0 Å². The average Bonchev–Trinajstić information content (AvgIpc) is 2.90. The van der Waals surface area contributed by atoms with E-state index in [0.717, 1.165) is 25.1 Å². The molecule has 1 atom stereocenters. The largest absolute Gasteiger partial charge is 0.467 e. The molecule has 1 amide bonds. The number of carbonyl (C=O) groups is 1. The molecule has 0 bridgehead atoms. The molecule has 1 aromatic rings. The molecular formula is C14H24N2O2. The van der Waals surface area contributed by atoms with Crippen LogP contribution in [0.15, 0.2) is 22.8 Å². The first-order valence-corrected chi connectivity index (χ1v) is 6.70. The van der Waals surface area contributed by atoms with E-state index < -0.39 is 0 Å². The lowest BCUT2D eigenvalue weighted by Crippen LogP contribution is -2.43. The highest BCUT2D eigenvalue weighted by Gasteiger charge is 2.13. The molecule has 18 heavy (non-hydrogen) atoms. The van der Waals surface area contributed by atoms with Crippen molar-refractivity contribution in [2.45, 2.75) is 46.2 Å². The van der Waals surface area contributed by atoms with Crippen LogP contribution in [-0.4, -0.2) is 18.5 Å². The lowest BCUT2D eigenvalue weighted by molar-refractivity contribution is -0.123. The Balaban J connectivity index is 2.24. The van der Waals surface area contributed by atoms with E-state index in [1.165, 1.54) is 0 Å². The summed E-state index contributed by atoms with van der Waals surface area (Å²) in [5.74, 6) is 1.43. The van der Waals surface area contributed by atoms with Crippen LogP contribution in [0, 0.1) is 5.92 Å². The van der Waals surface area contributed by atoms with Crippen molar-refractivity contribution < 1.29 is 9.21 Å². The minimum Gasteiger partial charge on any atom is -0.467 e. The second-order valence-electron chi connectivity index (χ2n) is 4.61. The van der Waals surface area contributed by atoms with E-state index in [2.05, 4.69) is 24.5 Å². The van der Waals surface area contributed by atoms with E-state index in [0.29, 0.717) is 12.5 Å². The number of nitrogens with one attached hydrogen (secondary N) is 2. The Labute approximate surface area is 109 Å². The molecule has 0 radical (unpaired) electrons. The first kappa shape index (κ1) is 14.8. The number of hydrogen-bond acceptors (Lipinski definition) is 3. The van der Waals surface area contributed by atoms with Crippen LogP contribution in [0.1, 0.15) is 39.4 Å². The summed E-state index contributed by atoms with van der Waals surface area (Å²) in [5, 5.41) is 6.12. The van der Waals surface area contributed by atoms with Gasteiger partial charge in [0.15, 0.2) is 0 Å². The lowest BCUT2D eigenvalue weighted by atomic mass is 10.0. The third-order valence-electron chi connectivity index (χ3n) is 3.28. The van der Waals surface area contributed by atoms with Gasteiger partial charge in [-0.2, -0.15) is 0 Å². The SMILES string of the molecule is CCC(CC)CNC(C)C(=O)NCc1ccco1.